The lowest BCUT2D eigenvalue weighted by atomic mass is 10.2. The third-order valence-electron chi connectivity index (χ3n) is 2.27. The van der Waals surface area contributed by atoms with Crippen molar-refractivity contribution in [1.29, 1.82) is 0 Å². The largest absolute Gasteiger partial charge is 0.320 e. The highest BCUT2D eigenvalue weighted by atomic mass is 35.5. The SMILES string of the molecule is Cc1nnsc1C(=O)Nc1cc([N+](=O)[O-])ccc1Cl. The van der Waals surface area contributed by atoms with Crippen molar-refractivity contribution in [3.8, 4) is 0 Å². The molecule has 2 rings (SSSR count). The number of nitrogens with zero attached hydrogens (tertiary/aromatic N) is 3. The van der Waals surface area contributed by atoms with Crippen LogP contribution in [0.4, 0.5) is 11.4 Å². The summed E-state index contributed by atoms with van der Waals surface area (Å²) in [4.78, 5) is 22.4. The predicted octanol–water partition coefficient (Wildman–Crippen LogP) is 2.66. The number of hydrogen-bond acceptors (Lipinski definition) is 6. The van der Waals surface area contributed by atoms with Gasteiger partial charge in [-0.1, -0.05) is 16.1 Å². The van der Waals surface area contributed by atoms with Crippen LogP contribution >= 0.6 is 23.1 Å². The van der Waals surface area contributed by atoms with Crippen LogP contribution in [0.5, 0.6) is 0 Å². The molecule has 9 heteroatoms. The van der Waals surface area contributed by atoms with Crippen molar-refractivity contribution in [1.82, 2.24) is 9.59 Å². The molecule has 0 aliphatic carbocycles. The molecule has 0 saturated heterocycles. The molecule has 1 heterocycles. The maximum atomic E-state index is 11.9. The Labute approximate surface area is 116 Å². The van der Waals surface area contributed by atoms with Crippen molar-refractivity contribution in [3.63, 3.8) is 0 Å². The van der Waals surface area contributed by atoms with Gasteiger partial charge in [0.05, 0.1) is 21.3 Å². The normalized spacial score (nSPS) is 10.2. The molecule has 1 aromatic heterocycles. The maximum absolute atomic E-state index is 11.9. The van der Waals surface area contributed by atoms with E-state index in [0.717, 1.165) is 11.5 Å². The van der Waals surface area contributed by atoms with Crippen LogP contribution in [-0.4, -0.2) is 20.4 Å². The Morgan fingerprint density at radius 2 is 2.26 bits per heavy atom. The van der Waals surface area contributed by atoms with E-state index in [9.17, 15) is 14.9 Å². The first-order chi connectivity index (χ1) is 8.99. The second kappa shape index (κ2) is 5.29. The van der Waals surface area contributed by atoms with E-state index in [1.54, 1.807) is 6.92 Å². The van der Waals surface area contributed by atoms with Crippen LogP contribution in [0.15, 0.2) is 18.2 Å². The smallest absolute Gasteiger partial charge is 0.271 e. The molecule has 0 atom stereocenters. The number of aryl methyl sites for hydroxylation is 1. The Morgan fingerprint density at radius 3 is 2.84 bits per heavy atom. The summed E-state index contributed by atoms with van der Waals surface area (Å²) in [7, 11) is 0. The third-order valence-corrected chi connectivity index (χ3v) is 3.42. The highest BCUT2D eigenvalue weighted by Crippen LogP contribution is 2.27. The fourth-order valence-corrected chi connectivity index (χ4v) is 2.06. The summed E-state index contributed by atoms with van der Waals surface area (Å²) < 4.78 is 3.64. The number of non-ortho nitro benzene ring substituents is 1. The van der Waals surface area contributed by atoms with E-state index in [4.69, 9.17) is 11.6 Å². The molecule has 1 aromatic carbocycles. The number of aromatic nitrogens is 2. The van der Waals surface area contributed by atoms with Gasteiger partial charge in [0.2, 0.25) is 0 Å². The van der Waals surface area contributed by atoms with Gasteiger partial charge in [-0.05, 0) is 24.5 Å². The number of carbonyl (C=O) groups excluding carboxylic acids is 1. The lowest BCUT2D eigenvalue weighted by Gasteiger charge is -2.05. The Bertz CT molecular complexity index is 658. The van der Waals surface area contributed by atoms with Crippen molar-refractivity contribution in [2.75, 3.05) is 5.32 Å². The summed E-state index contributed by atoms with van der Waals surface area (Å²) in [5, 5.41) is 17.1. The third kappa shape index (κ3) is 2.85. The number of benzene rings is 1. The van der Waals surface area contributed by atoms with E-state index in [-0.39, 0.29) is 16.4 Å². The number of nitro benzene ring substituents is 1. The number of amides is 1. The first kappa shape index (κ1) is 13.4. The molecule has 0 spiro atoms. The van der Waals surface area contributed by atoms with Gasteiger partial charge in [0, 0.05) is 12.1 Å². The quantitative estimate of drug-likeness (QED) is 0.694. The molecule has 0 aliphatic heterocycles. The molecule has 0 unspecified atom stereocenters. The van der Waals surface area contributed by atoms with Gasteiger partial charge in [-0.25, -0.2) is 0 Å². The van der Waals surface area contributed by atoms with Crippen LogP contribution in [0.3, 0.4) is 0 Å². The van der Waals surface area contributed by atoms with Crippen LogP contribution in [0.1, 0.15) is 15.4 Å². The first-order valence-corrected chi connectivity index (χ1v) is 6.18. The van der Waals surface area contributed by atoms with E-state index >= 15 is 0 Å². The van der Waals surface area contributed by atoms with Gasteiger partial charge >= 0.3 is 0 Å². The number of nitrogens with one attached hydrogen (secondary N) is 1. The van der Waals surface area contributed by atoms with Gasteiger partial charge in [0.1, 0.15) is 4.88 Å². The number of carbonyl (C=O) groups is 1. The molecular formula is C10H7ClN4O3S. The molecule has 0 aliphatic rings. The molecule has 19 heavy (non-hydrogen) atoms. The van der Waals surface area contributed by atoms with Gasteiger partial charge in [0.25, 0.3) is 11.6 Å². The lowest BCUT2D eigenvalue weighted by Crippen LogP contribution is -2.12. The molecule has 0 bridgehead atoms. The van der Waals surface area contributed by atoms with Gasteiger partial charge < -0.3 is 5.32 Å². The molecule has 1 amide bonds. The fraction of sp³-hybridized carbons (Fsp3) is 0.100. The number of hydrogen-bond donors (Lipinski definition) is 1. The summed E-state index contributed by atoms with van der Waals surface area (Å²) in [6.45, 7) is 1.65. The van der Waals surface area contributed by atoms with Gasteiger partial charge in [0.15, 0.2) is 0 Å². The second-order valence-corrected chi connectivity index (χ2v) is 4.72. The van der Waals surface area contributed by atoms with E-state index in [0.29, 0.717) is 10.6 Å². The van der Waals surface area contributed by atoms with Crippen molar-refractivity contribution in [2.45, 2.75) is 6.92 Å². The van der Waals surface area contributed by atoms with Crippen LogP contribution < -0.4 is 5.32 Å². The summed E-state index contributed by atoms with van der Waals surface area (Å²) in [6.07, 6.45) is 0. The molecule has 2 aromatic rings. The van der Waals surface area contributed by atoms with E-state index in [2.05, 4.69) is 14.9 Å². The number of nitro groups is 1. The fourth-order valence-electron chi connectivity index (χ4n) is 1.34. The van der Waals surface area contributed by atoms with Crippen LogP contribution in [-0.2, 0) is 0 Å². The standard InChI is InChI=1S/C10H7ClN4O3S/c1-5-9(19-14-13-5)10(16)12-8-4-6(15(17)18)2-3-7(8)11/h2-4H,1H3,(H,12,16). The van der Waals surface area contributed by atoms with Crippen molar-refractivity contribution in [3.05, 3.63) is 43.9 Å². The zero-order valence-electron chi connectivity index (χ0n) is 9.58. The van der Waals surface area contributed by atoms with Crippen LogP contribution in [0.25, 0.3) is 0 Å². The molecular weight excluding hydrogens is 292 g/mol. The maximum Gasteiger partial charge on any atom is 0.271 e. The molecule has 0 fully saturated rings. The molecule has 0 radical (unpaired) electrons. The number of halogens is 1. The lowest BCUT2D eigenvalue weighted by molar-refractivity contribution is -0.384. The number of anilines is 1. The van der Waals surface area contributed by atoms with Gasteiger partial charge in [-0.15, -0.1) is 5.10 Å². The molecule has 0 saturated carbocycles. The van der Waals surface area contributed by atoms with E-state index in [1.165, 1.54) is 18.2 Å². The average Bonchev–Trinajstić information content (AvgIpc) is 2.78. The topological polar surface area (TPSA) is 98.0 Å². The van der Waals surface area contributed by atoms with E-state index in [1.807, 2.05) is 0 Å². The molecule has 7 nitrogen and oxygen atoms in total. The van der Waals surface area contributed by atoms with Gasteiger partial charge in [-0.3, -0.25) is 14.9 Å². The van der Waals surface area contributed by atoms with Gasteiger partial charge in [-0.2, -0.15) is 0 Å². The Balaban J connectivity index is 2.28. The summed E-state index contributed by atoms with van der Waals surface area (Å²) >= 11 is 6.82. The van der Waals surface area contributed by atoms with Crippen LogP contribution in [0, 0.1) is 17.0 Å². The average molecular weight is 299 g/mol. The summed E-state index contributed by atoms with van der Waals surface area (Å²) in [6, 6.07) is 3.81. The highest BCUT2D eigenvalue weighted by molar-refractivity contribution is 7.08. The predicted molar refractivity (Wildman–Crippen MR) is 70.7 cm³/mol. The Kier molecular flexibility index (Phi) is 3.72. The van der Waals surface area contributed by atoms with Crippen molar-refractivity contribution < 1.29 is 9.72 Å². The second-order valence-electron chi connectivity index (χ2n) is 3.56. The van der Waals surface area contributed by atoms with E-state index < -0.39 is 10.8 Å². The minimum absolute atomic E-state index is 0.154. The minimum atomic E-state index is -0.564. The van der Waals surface area contributed by atoms with Crippen LogP contribution in [0.2, 0.25) is 5.02 Å². The van der Waals surface area contributed by atoms with Crippen molar-refractivity contribution >= 4 is 40.4 Å². The summed E-state index contributed by atoms with van der Waals surface area (Å²) in [5.41, 5.74) is 0.511. The molecule has 98 valence electrons. The number of rotatable bonds is 3. The zero-order valence-corrected chi connectivity index (χ0v) is 11.2. The Morgan fingerprint density at radius 1 is 1.53 bits per heavy atom. The summed E-state index contributed by atoms with van der Waals surface area (Å²) in [5.74, 6) is -0.449. The minimum Gasteiger partial charge on any atom is -0.320 e. The Hall–Kier alpha value is -2.06. The molecule has 1 N–H and O–H groups in total. The monoisotopic (exact) mass is 298 g/mol. The van der Waals surface area contributed by atoms with Crippen molar-refractivity contribution in [2.24, 2.45) is 0 Å². The first-order valence-electron chi connectivity index (χ1n) is 5.03. The highest BCUT2D eigenvalue weighted by Gasteiger charge is 2.16. The zero-order chi connectivity index (χ0) is 14.0.